The van der Waals surface area contributed by atoms with Crippen LogP contribution in [0.25, 0.3) is 0 Å². The fraction of sp³-hybridized carbons (Fsp3) is 0.750. The summed E-state index contributed by atoms with van der Waals surface area (Å²) in [7, 11) is 1.47. The number of likely N-dealkylation sites (N-methyl/N-ethyl adjacent to an activating group) is 1. The maximum absolute atomic E-state index is 12.4. The summed E-state index contributed by atoms with van der Waals surface area (Å²) < 4.78 is 4.04. The van der Waals surface area contributed by atoms with Crippen molar-refractivity contribution < 1.29 is 9.84 Å². The van der Waals surface area contributed by atoms with Crippen LogP contribution in [0.5, 0.6) is 5.19 Å². The van der Waals surface area contributed by atoms with E-state index in [4.69, 9.17) is 4.74 Å². The van der Waals surface area contributed by atoms with E-state index >= 15 is 0 Å². The van der Waals surface area contributed by atoms with Gasteiger partial charge in [0.2, 0.25) is 6.23 Å². The Labute approximate surface area is 97.0 Å². The predicted molar refractivity (Wildman–Crippen MR) is 59.7 cm³/mol. The highest BCUT2D eigenvalue weighted by Crippen LogP contribution is 2.34. The van der Waals surface area contributed by atoms with Crippen LogP contribution in [-0.4, -0.2) is 53.3 Å². The molecule has 1 saturated heterocycles. The zero-order valence-electron chi connectivity index (χ0n) is 9.16. The number of hydrogen-bond acceptors (Lipinski definition) is 7. The van der Waals surface area contributed by atoms with Gasteiger partial charge in [0, 0.05) is 17.9 Å². The van der Waals surface area contributed by atoms with Gasteiger partial charge in [-0.25, -0.2) is 4.90 Å². The Kier molecular flexibility index (Phi) is 3.08. The van der Waals surface area contributed by atoms with E-state index in [1.165, 1.54) is 7.11 Å². The first-order valence-corrected chi connectivity index (χ1v) is 5.79. The van der Waals surface area contributed by atoms with Gasteiger partial charge < -0.3 is 15.1 Å². The average molecular weight is 246 g/mol. The summed E-state index contributed by atoms with van der Waals surface area (Å²) in [6, 6.07) is 0. The highest BCUT2D eigenvalue weighted by Gasteiger charge is 2.42. The van der Waals surface area contributed by atoms with Crippen LogP contribution in [0.4, 0.5) is 5.13 Å². The van der Waals surface area contributed by atoms with Gasteiger partial charge in [-0.2, -0.15) is 0 Å². The van der Waals surface area contributed by atoms with Gasteiger partial charge in [-0.15, -0.1) is 0 Å². The average Bonchev–Trinajstić information content (AvgIpc) is 2.85. The molecule has 2 unspecified atom stereocenters. The molecule has 7 nitrogen and oxygen atoms in total. The molecular weight excluding hydrogens is 232 g/mol. The number of nitrogens with zero attached hydrogens (tertiary/aromatic N) is 4. The molecule has 2 atom stereocenters. The second kappa shape index (κ2) is 4.22. The lowest BCUT2D eigenvalue weighted by atomic mass is 10.5. The number of ether oxygens (including phenoxy) is 1. The number of methoxy groups -OCH3 is 1. The van der Waals surface area contributed by atoms with E-state index in [1.807, 2.05) is 11.8 Å². The fourth-order valence-electron chi connectivity index (χ4n) is 1.67. The topological polar surface area (TPSA) is 81.5 Å². The second-order valence-corrected chi connectivity index (χ2v) is 4.56. The van der Waals surface area contributed by atoms with Crippen molar-refractivity contribution in [3.05, 3.63) is 5.21 Å². The number of quaternary nitrogens is 1. The number of hydrogen-bond donors (Lipinski definition) is 1. The Hall–Kier alpha value is -0.800. The van der Waals surface area contributed by atoms with Crippen LogP contribution < -0.4 is 9.38 Å². The maximum atomic E-state index is 12.4. The summed E-state index contributed by atoms with van der Waals surface area (Å²) in [5, 5.41) is 30.3. The quantitative estimate of drug-likeness (QED) is 0.595. The first-order chi connectivity index (χ1) is 7.60. The van der Waals surface area contributed by atoms with Crippen LogP contribution in [0, 0.1) is 5.21 Å². The number of aliphatic hydroxyl groups is 1. The van der Waals surface area contributed by atoms with Gasteiger partial charge >= 0.3 is 5.13 Å². The van der Waals surface area contributed by atoms with Crippen LogP contribution in [0.3, 0.4) is 0 Å². The summed E-state index contributed by atoms with van der Waals surface area (Å²) >= 11 is 1.07. The van der Waals surface area contributed by atoms with Crippen LogP contribution in [0.1, 0.15) is 6.92 Å². The molecule has 90 valence electrons. The van der Waals surface area contributed by atoms with Gasteiger partial charge in [0.15, 0.2) is 0 Å². The molecule has 1 aromatic heterocycles. The van der Waals surface area contributed by atoms with Crippen molar-refractivity contribution in [2.75, 3.05) is 26.9 Å². The third kappa shape index (κ3) is 1.78. The molecule has 1 aromatic rings. The van der Waals surface area contributed by atoms with Crippen LogP contribution >= 0.6 is 11.3 Å². The van der Waals surface area contributed by atoms with E-state index in [0.29, 0.717) is 11.7 Å². The largest absolute Gasteiger partial charge is 0.623 e. The third-order valence-corrected chi connectivity index (χ3v) is 3.65. The van der Waals surface area contributed by atoms with E-state index in [-0.39, 0.29) is 11.8 Å². The lowest BCUT2D eigenvalue weighted by molar-refractivity contribution is 0.0843. The van der Waals surface area contributed by atoms with Crippen molar-refractivity contribution in [3.8, 4) is 5.19 Å². The number of β-amino-alcohol motifs (C(OH)–C–C–N with tert-alkyl or cyclic N) is 1. The van der Waals surface area contributed by atoms with Gasteiger partial charge in [0.05, 0.1) is 13.7 Å². The predicted octanol–water partition coefficient (Wildman–Crippen LogP) is -0.0368. The number of rotatable bonds is 3. The molecule has 2 heterocycles. The van der Waals surface area contributed by atoms with Gasteiger partial charge in [0.25, 0.3) is 5.19 Å². The lowest BCUT2D eigenvalue weighted by Crippen LogP contribution is -2.48. The Morgan fingerprint density at radius 3 is 2.94 bits per heavy atom. The van der Waals surface area contributed by atoms with Crippen molar-refractivity contribution in [1.82, 2.24) is 19.7 Å². The summed E-state index contributed by atoms with van der Waals surface area (Å²) in [6.45, 7) is 3.25. The normalized spacial score (nSPS) is 30.9. The molecule has 16 heavy (non-hydrogen) atoms. The van der Waals surface area contributed by atoms with Crippen molar-refractivity contribution in [2.24, 2.45) is 0 Å². The Balaban J connectivity index is 2.24. The summed E-state index contributed by atoms with van der Waals surface area (Å²) in [5.74, 6) is 0. The van der Waals surface area contributed by atoms with E-state index in [1.54, 1.807) is 0 Å². The van der Waals surface area contributed by atoms with Gasteiger partial charge in [-0.05, 0) is 0 Å². The van der Waals surface area contributed by atoms with E-state index in [2.05, 4.69) is 10.2 Å². The molecule has 0 aromatic carbocycles. The first kappa shape index (κ1) is 11.7. The molecule has 0 aliphatic carbocycles. The zero-order chi connectivity index (χ0) is 11.8. The van der Waals surface area contributed by atoms with E-state index in [9.17, 15) is 10.3 Å². The van der Waals surface area contributed by atoms with E-state index < -0.39 is 10.9 Å². The molecule has 1 aliphatic heterocycles. The Morgan fingerprint density at radius 1 is 1.69 bits per heavy atom. The molecule has 1 aliphatic rings. The standard InChI is InChI=1S/C8H14N4O3S/c1-3-11-4-6(13)12(14,5-11)7-9-10-8(15-2)16-7/h6,13H,3-5H2,1-2H3. The van der Waals surface area contributed by atoms with Crippen molar-refractivity contribution in [1.29, 1.82) is 0 Å². The highest BCUT2D eigenvalue weighted by atomic mass is 32.1. The molecule has 1 fully saturated rings. The fourth-order valence-corrected chi connectivity index (χ4v) is 2.40. The minimum atomic E-state index is -1.00. The summed E-state index contributed by atoms with van der Waals surface area (Å²) in [6.07, 6.45) is -1.00. The first-order valence-electron chi connectivity index (χ1n) is 4.97. The number of hydroxylamine groups is 2. The minimum absolute atomic E-state index is 0.204. The zero-order valence-corrected chi connectivity index (χ0v) is 9.98. The molecule has 0 spiro atoms. The second-order valence-electron chi connectivity index (χ2n) is 3.64. The van der Waals surface area contributed by atoms with E-state index in [0.717, 1.165) is 17.9 Å². The Bertz CT molecular complexity index is 374. The molecule has 1 N–H and O–H groups in total. The van der Waals surface area contributed by atoms with Crippen LogP contribution in [-0.2, 0) is 0 Å². The molecular formula is C8H14N4O3S. The van der Waals surface area contributed by atoms with Crippen molar-refractivity contribution >= 4 is 16.5 Å². The van der Waals surface area contributed by atoms with Gasteiger partial charge in [-0.3, -0.25) is 4.65 Å². The molecule has 0 radical (unpaired) electrons. The van der Waals surface area contributed by atoms with Crippen molar-refractivity contribution in [2.45, 2.75) is 13.2 Å². The number of aromatic nitrogens is 2. The summed E-state index contributed by atoms with van der Waals surface area (Å²) in [4.78, 5) is 1.88. The molecule has 0 bridgehead atoms. The molecule has 0 amide bonds. The highest BCUT2D eigenvalue weighted by molar-refractivity contribution is 7.16. The SMILES string of the molecule is CCN1CC(O)[N+]([O-])(c2nnc(OC)s2)C1. The Morgan fingerprint density at radius 2 is 2.44 bits per heavy atom. The maximum Gasteiger partial charge on any atom is 0.313 e. The van der Waals surface area contributed by atoms with Crippen LogP contribution in [0.2, 0.25) is 0 Å². The smallest absolute Gasteiger partial charge is 0.313 e. The summed E-state index contributed by atoms with van der Waals surface area (Å²) in [5.41, 5.74) is 0. The monoisotopic (exact) mass is 246 g/mol. The van der Waals surface area contributed by atoms with Gasteiger partial charge in [-0.1, -0.05) is 17.1 Å². The lowest BCUT2D eigenvalue weighted by Gasteiger charge is -2.36. The minimum Gasteiger partial charge on any atom is -0.623 e. The number of aliphatic hydroxyl groups excluding tert-OH is 1. The van der Waals surface area contributed by atoms with Gasteiger partial charge in [0.1, 0.15) is 6.67 Å². The molecule has 8 heteroatoms. The molecule has 0 saturated carbocycles. The van der Waals surface area contributed by atoms with Crippen LogP contribution in [0.15, 0.2) is 0 Å². The third-order valence-electron chi connectivity index (χ3n) is 2.65. The van der Waals surface area contributed by atoms with Crippen molar-refractivity contribution in [3.63, 3.8) is 0 Å². The molecule has 2 rings (SSSR count).